The van der Waals surface area contributed by atoms with Gasteiger partial charge in [0.25, 0.3) is 0 Å². The number of pyridine rings is 1. The summed E-state index contributed by atoms with van der Waals surface area (Å²) in [7, 11) is 0. The number of ether oxygens (including phenoxy) is 1. The zero-order chi connectivity index (χ0) is 13.1. The minimum atomic E-state index is -0.466. The Kier molecular flexibility index (Phi) is 3.66. The minimum absolute atomic E-state index is 0.280. The average Bonchev–Trinajstić information content (AvgIpc) is 2.65. The fourth-order valence-corrected chi connectivity index (χ4v) is 2.27. The quantitative estimate of drug-likeness (QED) is 0.697. The molecule has 0 spiro atoms. The van der Waals surface area contributed by atoms with Gasteiger partial charge in [-0.25, -0.2) is 4.79 Å². The highest BCUT2D eigenvalue weighted by Gasteiger charge is 2.22. The molecule has 0 saturated carbocycles. The van der Waals surface area contributed by atoms with Gasteiger partial charge >= 0.3 is 5.97 Å². The van der Waals surface area contributed by atoms with Crippen LogP contribution in [0.25, 0.3) is 11.3 Å². The second-order valence-electron chi connectivity index (χ2n) is 3.54. The number of carbonyl (C=O) groups excluding carboxylic acids is 1. The molecule has 2 aromatic heterocycles. The Morgan fingerprint density at radius 2 is 2.33 bits per heavy atom. The van der Waals surface area contributed by atoms with E-state index in [0.29, 0.717) is 22.3 Å². The van der Waals surface area contributed by atoms with E-state index in [-0.39, 0.29) is 5.69 Å². The highest BCUT2D eigenvalue weighted by atomic mass is 79.9. The normalized spacial score (nSPS) is 10.3. The van der Waals surface area contributed by atoms with E-state index in [0.717, 1.165) is 0 Å². The van der Waals surface area contributed by atoms with Gasteiger partial charge in [-0.2, -0.15) is 0 Å². The molecule has 6 heteroatoms. The lowest BCUT2D eigenvalue weighted by Crippen LogP contribution is -2.18. The Balaban J connectivity index is 2.57. The number of carbonyl (C=O) groups is 1. The first-order valence-corrected chi connectivity index (χ1v) is 6.19. The molecule has 2 heterocycles. The van der Waals surface area contributed by atoms with Gasteiger partial charge in [-0.1, -0.05) is 6.07 Å². The molecule has 0 aliphatic carbocycles. The molecule has 0 radical (unpaired) electrons. The zero-order valence-electron chi connectivity index (χ0n) is 9.76. The van der Waals surface area contributed by atoms with Crippen LogP contribution in [0.1, 0.15) is 17.4 Å². The first-order valence-electron chi connectivity index (χ1n) is 5.39. The third-order valence-corrected chi connectivity index (χ3v) is 2.98. The SMILES string of the molecule is CCOC(=O)c1c(-c2ccccn2)c(Br)cn1N. The third kappa shape index (κ3) is 2.24. The van der Waals surface area contributed by atoms with Crippen molar-refractivity contribution >= 4 is 21.9 Å². The van der Waals surface area contributed by atoms with E-state index in [2.05, 4.69) is 20.9 Å². The van der Waals surface area contributed by atoms with Crippen LogP contribution in [0.5, 0.6) is 0 Å². The number of hydrogen-bond acceptors (Lipinski definition) is 4. The van der Waals surface area contributed by atoms with E-state index in [1.165, 1.54) is 4.68 Å². The van der Waals surface area contributed by atoms with E-state index in [1.807, 2.05) is 12.1 Å². The van der Waals surface area contributed by atoms with Crippen LogP contribution in [0.2, 0.25) is 0 Å². The molecule has 0 aliphatic heterocycles. The van der Waals surface area contributed by atoms with Crippen molar-refractivity contribution < 1.29 is 9.53 Å². The van der Waals surface area contributed by atoms with Gasteiger partial charge in [0.15, 0.2) is 5.69 Å². The Morgan fingerprint density at radius 1 is 1.56 bits per heavy atom. The van der Waals surface area contributed by atoms with Gasteiger partial charge < -0.3 is 10.6 Å². The zero-order valence-corrected chi connectivity index (χ0v) is 11.3. The van der Waals surface area contributed by atoms with E-state index in [4.69, 9.17) is 10.6 Å². The van der Waals surface area contributed by atoms with Crippen LogP contribution in [-0.4, -0.2) is 22.2 Å². The van der Waals surface area contributed by atoms with Gasteiger partial charge in [-0.15, -0.1) is 0 Å². The summed E-state index contributed by atoms with van der Waals surface area (Å²) < 4.78 is 6.94. The Bertz CT molecular complexity index is 566. The lowest BCUT2D eigenvalue weighted by Gasteiger charge is -2.06. The second kappa shape index (κ2) is 5.22. The predicted molar refractivity (Wildman–Crippen MR) is 71.5 cm³/mol. The van der Waals surface area contributed by atoms with Crippen molar-refractivity contribution in [2.45, 2.75) is 6.92 Å². The molecule has 0 bridgehead atoms. The minimum Gasteiger partial charge on any atom is -0.461 e. The molecule has 0 fully saturated rings. The van der Waals surface area contributed by atoms with Crippen molar-refractivity contribution in [3.8, 4) is 11.3 Å². The summed E-state index contributed by atoms with van der Waals surface area (Å²) in [4.78, 5) is 16.1. The number of hydrogen-bond donors (Lipinski definition) is 1. The maximum absolute atomic E-state index is 11.9. The van der Waals surface area contributed by atoms with Crippen molar-refractivity contribution in [1.29, 1.82) is 0 Å². The molecular weight excluding hydrogens is 298 g/mol. The number of aromatic nitrogens is 2. The molecule has 2 aromatic rings. The summed E-state index contributed by atoms with van der Waals surface area (Å²) in [6, 6.07) is 5.46. The average molecular weight is 310 g/mol. The molecule has 0 unspecified atom stereocenters. The van der Waals surface area contributed by atoms with E-state index in [1.54, 1.807) is 25.4 Å². The number of nitrogen functional groups attached to an aromatic ring is 1. The van der Waals surface area contributed by atoms with Gasteiger partial charge in [0.1, 0.15) is 0 Å². The highest BCUT2D eigenvalue weighted by Crippen LogP contribution is 2.31. The number of nitrogens with zero attached hydrogens (tertiary/aromatic N) is 2. The first-order chi connectivity index (χ1) is 8.65. The third-order valence-electron chi connectivity index (χ3n) is 2.38. The molecule has 18 heavy (non-hydrogen) atoms. The summed E-state index contributed by atoms with van der Waals surface area (Å²) in [5.41, 5.74) is 1.58. The summed E-state index contributed by atoms with van der Waals surface area (Å²) in [5, 5.41) is 0. The fourth-order valence-electron chi connectivity index (χ4n) is 1.65. The van der Waals surface area contributed by atoms with Gasteiger partial charge in [0.05, 0.1) is 12.3 Å². The maximum atomic E-state index is 11.9. The van der Waals surface area contributed by atoms with Crippen molar-refractivity contribution in [1.82, 2.24) is 9.66 Å². The number of halogens is 1. The van der Waals surface area contributed by atoms with Crippen LogP contribution in [-0.2, 0) is 4.74 Å². The van der Waals surface area contributed by atoms with Gasteiger partial charge in [-0.3, -0.25) is 9.66 Å². The number of esters is 1. The lowest BCUT2D eigenvalue weighted by atomic mass is 10.1. The van der Waals surface area contributed by atoms with Crippen LogP contribution in [0.4, 0.5) is 0 Å². The van der Waals surface area contributed by atoms with E-state index < -0.39 is 5.97 Å². The number of rotatable bonds is 3. The summed E-state index contributed by atoms with van der Waals surface area (Å²) in [6.07, 6.45) is 3.26. The molecule has 0 aliphatic rings. The van der Waals surface area contributed by atoms with Gasteiger partial charge in [0.2, 0.25) is 0 Å². The monoisotopic (exact) mass is 309 g/mol. The van der Waals surface area contributed by atoms with Crippen molar-refractivity contribution in [3.63, 3.8) is 0 Å². The molecule has 0 amide bonds. The Morgan fingerprint density at radius 3 is 2.94 bits per heavy atom. The molecule has 0 atom stereocenters. The predicted octanol–water partition coefficient (Wildman–Crippen LogP) is 2.20. The van der Waals surface area contributed by atoms with Crippen molar-refractivity contribution in [2.24, 2.45) is 0 Å². The van der Waals surface area contributed by atoms with Gasteiger partial charge in [-0.05, 0) is 35.0 Å². The molecule has 0 aromatic carbocycles. The molecule has 94 valence electrons. The smallest absolute Gasteiger partial charge is 0.357 e. The summed E-state index contributed by atoms with van der Waals surface area (Å²) in [6.45, 7) is 2.04. The maximum Gasteiger partial charge on any atom is 0.357 e. The summed E-state index contributed by atoms with van der Waals surface area (Å²) in [5.74, 6) is 5.30. The topological polar surface area (TPSA) is 70.1 Å². The lowest BCUT2D eigenvalue weighted by molar-refractivity contribution is 0.0517. The number of nitrogens with two attached hydrogens (primary N) is 1. The van der Waals surface area contributed by atoms with Crippen LogP contribution in [0.3, 0.4) is 0 Å². The molecule has 0 saturated heterocycles. The van der Waals surface area contributed by atoms with E-state index in [9.17, 15) is 4.79 Å². The van der Waals surface area contributed by atoms with E-state index >= 15 is 0 Å². The first kappa shape index (κ1) is 12.6. The summed E-state index contributed by atoms with van der Waals surface area (Å²) >= 11 is 3.38. The van der Waals surface area contributed by atoms with Crippen molar-refractivity contribution in [2.75, 3.05) is 12.4 Å². The molecule has 2 N–H and O–H groups in total. The highest BCUT2D eigenvalue weighted by molar-refractivity contribution is 9.10. The van der Waals surface area contributed by atoms with Crippen LogP contribution >= 0.6 is 15.9 Å². The van der Waals surface area contributed by atoms with Crippen LogP contribution < -0.4 is 5.84 Å². The van der Waals surface area contributed by atoms with Crippen molar-refractivity contribution in [3.05, 3.63) is 40.8 Å². The van der Waals surface area contributed by atoms with Gasteiger partial charge in [0, 0.05) is 22.4 Å². The Labute approximate surface area is 113 Å². The molecule has 5 nitrogen and oxygen atoms in total. The molecule has 2 rings (SSSR count). The standard InChI is InChI=1S/C12H12BrN3O2/c1-2-18-12(17)11-10(8(13)7-16(11)14)9-5-3-4-6-15-9/h3-7H,2,14H2,1H3. The van der Waals surface area contributed by atoms with Crippen LogP contribution in [0, 0.1) is 0 Å². The Hall–Kier alpha value is -1.82. The largest absolute Gasteiger partial charge is 0.461 e. The second-order valence-corrected chi connectivity index (χ2v) is 4.40. The van der Waals surface area contributed by atoms with Crippen LogP contribution in [0.15, 0.2) is 35.1 Å². The fraction of sp³-hybridized carbons (Fsp3) is 0.167. The molecular formula is C12H12BrN3O2.